The van der Waals surface area contributed by atoms with E-state index in [9.17, 15) is 4.79 Å². The molecule has 18 heavy (non-hydrogen) atoms. The number of carbonyl (C=O) groups excluding carboxylic acids is 1. The normalized spacial score (nSPS) is 22.6. The number of carbonyl (C=O) groups is 1. The highest BCUT2D eigenvalue weighted by atomic mass is 16.1. The Morgan fingerprint density at radius 3 is 2.94 bits per heavy atom. The number of hydrogen-bond donors (Lipinski definition) is 2. The summed E-state index contributed by atoms with van der Waals surface area (Å²) in [6.45, 7) is 1.86. The molecular formula is C15H20N2O. The first-order chi connectivity index (χ1) is 8.83. The van der Waals surface area contributed by atoms with E-state index in [1.165, 1.54) is 24.0 Å². The summed E-state index contributed by atoms with van der Waals surface area (Å²) in [5.41, 5.74) is 3.83. The van der Waals surface area contributed by atoms with Gasteiger partial charge in [0, 0.05) is 12.2 Å². The Kier molecular flexibility index (Phi) is 3.33. The van der Waals surface area contributed by atoms with Crippen molar-refractivity contribution in [2.75, 3.05) is 18.4 Å². The van der Waals surface area contributed by atoms with Gasteiger partial charge in [0.1, 0.15) is 0 Å². The molecule has 96 valence electrons. The molecule has 2 aliphatic rings. The number of rotatable bonds is 2. The zero-order valence-corrected chi connectivity index (χ0v) is 10.7. The monoisotopic (exact) mass is 244 g/mol. The summed E-state index contributed by atoms with van der Waals surface area (Å²) >= 11 is 0. The molecule has 1 aliphatic carbocycles. The zero-order chi connectivity index (χ0) is 12.4. The van der Waals surface area contributed by atoms with E-state index in [1.807, 2.05) is 6.07 Å². The van der Waals surface area contributed by atoms with E-state index in [-0.39, 0.29) is 11.8 Å². The van der Waals surface area contributed by atoms with Gasteiger partial charge in [-0.1, -0.05) is 6.07 Å². The molecule has 1 atom stereocenters. The number of benzene rings is 1. The van der Waals surface area contributed by atoms with Crippen LogP contribution in [-0.4, -0.2) is 19.0 Å². The highest BCUT2D eigenvalue weighted by molar-refractivity contribution is 5.92. The van der Waals surface area contributed by atoms with E-state index >= 15 is 0 Å². The molecule has 1 saturated heterocycles. The lowest BCUT2D eigenvalue weighted by atomic mass is 9.98. The molecular weight excluding hydrogens is 224 g/mol. The molecule has 0 saturated carbocycles. The fraction of sp³-hybridized carbons (Fsp3) is 0.533. The van der Waals surface area contributed by atoms with E-state index in [4.69, 9.17) is 0 Å². The Morgan fingerprint density at radius 2 is 2.11 bits per heavy atom. The first kappa shape index (κ1) is 11.7. The minimum absolute atomic E-state index is 0.131. The van der Waals surface area contributed by atoms with Gasteiger partial charge in [-0.2, -0.15) is 0 Å². The van der Waals surface area contributed by atoms with Gasteiger partial charge in [0.05, 0.1) is 5.92 Å². The number of nitrogens with one attached hydrogen (secondary N) is 2. The van der Waals surface area contributed by atoms with Crippen LogP contribution in [0.15, 0.2) is 18.2 Å². The number of piperidine rings is 1. The summed E-state index contributed by atoms with van der Waals surface area (Å²) in [6.07, 6.45) is 5.70. The summed E-state index contributed by atoms with van der Waals surface area (Å²) in [6, 6.07) is 6.35. The molecule has 0 unspecified atom stereocenters. The van der Waals surface area contributed by atoms with Crippen LogP contribution >= 0.6 is 0 Å². The molecule has 3 heteroatoms. The first-order valence-corrected chi connectivity index (χ1v) is 6.96. The quantitative estimate of drug-likeness (QED) is 0.836. The van der Waals surface area contributed by atoms with Crippen LogP contribution < -0.4 is 10.6 Å². The maximum atomic E-state index is 12.1. The molecule has 1 aromatic carbocycles. The Labute approximate surface area is 108 Å². The lowest BCUT2D eigenvalue weighted by molar-refractivity contribution is -0.120. The Hall–Kier alpha value is -1.35. The molecule has 2 N–H and O–H groups in total. The van der Waals surface area contributed by atoms with E-state index in [0.717, 1.165) is 38.0 Å². The maximum Gasteiger partial charge on any atom is 0.228 e. The van der Waals surface area contributed by atoms with Crippen molar-refractivity contribution in [3.63, 3.8) is 0 Å². The van der Waals surface area contributed by atoms with E-state index in [1.54, 1.807) is 0 Å². The lowest BCUT2D eigenvalue weighted by Gasteiger charge is -2.22. The highest BCUT2D eigenvalue weighted by Gasteiger charge is 2.21. The second-order valence-electron chi connectivity index (χ2n) is 5.37. The topological polar surface area (TPSA) is 41.1 Å². The molecule has 1 amide bonds. The van der Waals surface area contributed by atoms with Crippen LogP contribution in [-0.2, 0) is 17.6 Å². The summed E-state index contributed by atoms with van der Waals surface area (Å²) < 4.78 is 0. The predicted octanol–water partition coefficient (Wildman–Crippen LogP) is 2.11. The molecule has 1 heterocycles. The van der Waals surface area contributed by atoms with E-state index in [0.29, 0.717) is 0 Å². The molecule has 1 aliphatic heterocycles. The van der Waals surface area contributed by atoms with Gasteiger partial charge in [-0.25, -0.2) is 0 Å². The lowest BCUT2D eigenvalue weighted by Crippen LogP contribution is -2.37. The zero-order valence-electron chi connectivity index (χ0n) is 10.7. The van der Waals surface area contributed by atoms with Gasteiger partial charge in [-0.3, -0.25) is 4.79 Å². The van der Waals surface area contributed by atoms with Crippen molar-refractivity contribution in [3.8, 4) is 0 Å². The maximum absolute atomic E-state index is 12.1. The Morgan fingerprint density at radius 1 is 1.22 bits per heavy atom. The molecule has 0 radical (unpaired) electrons. The number of aryl methyl sites for hydroxylation is 2. The van der Waals surface area contributed by atoms with Gasteiger partial charge < -0.3 is 10.6 Å². The number of amides is 1. The number of hydrogen-bond acceptors (Lipinski definition) is 2. The Balaban J connectivity index is 1.66. The molecule has 1 aromatic rings. The third-order valence-electron chi connectivity index (χ3n) is 4.03. The smallest absolute Gasteiger partial charge is 0.228 e. The second-order valence-corrected chi connectivity index (χ2v) is 5.37. The van der Waals surface area contributed by atoms with Crippen LogP contribution in [0, 0.1) is 5.92 Å². The fourth-order valence-corrected chi connectivity index (χ4v) is 2.97. The largest absolute Gasteiger partial charge is 0.326 e. The van der Waals surface area contributed by atoms with Gasteiger partial charge in [0.25, 0.3) is 0 Å². The minimum Gasteiger partial charge on any atom is -0.326 e. The van der Waals surface area contributed by atoms with Crippen molar-refractivity contribution in [3.05, 3.63) is 29.3 Å². The third kappa shape index (κ3) is 2.41. The van der Waals surface area contributed by atoms with Crippen molar-refractivity contribution in [1.29, 1.82) is 0 Å². The molecule has 3 nitrogen and oxygen atoms in total. The van der Waals surface area contributed by atoms with Crippen LogP contribution in [0.1, 0.15) is 30.4 Å². The Bertz CT molecular complexity index is 450. The fourth-order valence-electron chi connectivity index (χ4n) is 2.97. The molecule has 0 spiro atoms. The van der Waals surface area contributed by atoms with Gasteiger partial charge >= 0.3 is 0 Å². The average Bonchev–Trinajstić information content (AvgIpc) is 2.87. The molecule has 1 fully saturated rings. The SMILES string of the molecule is O=C(Nc1ccc2c(c1)CCC2)[C@H]1CCCNC1. The third-order valence-corrected chi connectivity index (χ3v) is 4.03. The van der Waals surface area contributed by atoms with Crippen molar-refractivity contribution in [1.82, 2.24) is 5.32 Å². The summed E-state index contributed by atoms with van der Waals surface area (Å²) in [5, 5.41) is 6.34. The van der Waals surface area contributed by atoms with Crippen molar-refractivity contribution >= 4 is 11.6 Å². The van der Waals surface area contributed by atoms with Crippen molar-refractivity contribution in [2.24, 2.45) is 5.92 Å². The minimum atomic E-state index is 0.131. The van der Waals surface area contributed by atoms with Gasteiger partial charge in [0.15, 0.2) is 0 Å². The first-order valence-electron chi connectivity index (χ1n) is 6.96. The molecule has 0 aromatic heterocycles. The average molecular weight is 244 g/mol. The van der Waals surface area contributed by atoms with Crippen molar-refractivity contribution < 1.29 is 4.79 Å². The van der Waals surface area contributed by atoms with Crippen LogP contribution in [0.3, 0.4) is 0 Å². The predicted molar refractivity (Wildman–Crippen MR) is 72.7 cm³/mol. The second kappa shape index (κ2) is 5.11. The van der Waals surface area contributed by atoms with Gasteiger partial charge in [-0.15, -0.1) is 0 Å². The highest BCUT2D eigenvalue weighted by Crippen LogP contribution is 2.25. The van der Waals surface area contributed by atoms with Crippen molar-refractivity contribution in [2.45, 2.75) is 32.1 Å². The number of fused-ring (bicyclic) bond motifs is 1. The van der Waals surface area contributed by atoms with Crippen LogP contribution in [0.2, 0.25) is 0 Å². The molecule has 0 bridgehead atoms. The standard InChI is InChI=1S/C15H20N2O/c18-15(13-5-2-8-16-10-13)17-14-7-6-11-3-1-4-12(11)9-14/h6-7,9,13,16H,1-5,8,10H2,(H,17,18)/t13-/m0/s1. The molecule has 3 rings (SSSR count). The van der Waals surface area contributed by atoms with E-state index in [2.05, 4.69) is 22.8 Å². The van der Waals surface area contributed by atoms with Crippen LogP contribution in [0.5, 0.6) is 0 Å². The summed E-state index contributed by atoms with van der Waals surface area (Å²) in [7, 11) is 0. The van der Waals surface area contributed by atoms with Gasteiger partial charge in [-0.05, 0) is 61.9 Å². The van der Waals surface area contributed by atoms with Gasteiger partial charge in [0.2, 0.25) is 5.91 Å². The number of anilines is 1. The van der Waals surface area contributed by atoms with Crippen LogP contribution in [0.4, 0.5) is 5.69 Å². The summed E-state index contributed by atoms with van der Waals surface area (Å²) in [4.78, 5) is 12.1. The van der Waals surface area contributed by atoms with Crippen LogP contribution in [0.25, 0.3) is 0 Å². The summed E-state index contributed by atoms with van der Waals surface area (Å²) in [5.74, 6) is 0.298. The van der Waals surface area contributed by atoms with E-state index < -0.39 is 0 Å².